The summed E-state index contributed by atoms with van der Waals surface area (Å²) in [5.41, 5.74) is 1.46. The molecule has 0 bridgehead atoms. The molecule has 1 unspecified atom stereocenters. The molecule has 1 radical (unpaired) electrons. The third kappa shape index (κ3) is 0.846. The van der Waals surface area contributed by atoms with Gasteiger partial charge in [0, 0.05) is 0 Å². The summed E-state index contributed by atoms with van der Waals surface area (Å²) in [7, 11) is 0. The fourth-order valence-corrected chi connectivity index (χ4v) is 0.877. The van der Waals surface area contributed by atoms with Gasteiger partial charge in [0.1, 0.15) is 0 Å². The van der Waals surface area contributed by atoms with Gasteiger partial charge in [-0.2, -0.15) is 0 Å². The summed E-state index contributed by atoms with van der Waals surface area (Å²) >= 11 is 0. The molecule has 0 nitrogen and oxygen atoms in total. The standard InChI is InChI=1S/C7H11/c1-6-4-3-5-7(6)2/h6H,3-4H2,1-2H3. The largest absolute Gasteiger partial charge is 0.0670 e. The van der Waals surface area contributed by atoms with E-state index in [4.69, 9.17) is 0 Å². The highest BCUT2D eigenvalue weighted by molar-refractivity contribution is 5.02. The van der Waals surface area contributed by atoms with Crippen molar-refractivity contribution in [3.05, 3.63) is 11.6 Å². The molecule has 1 aliphatic rings. The predicted molar refractivity (Wildman–Crippen MR) is 30.8 cm³/mol. The molecule has 39 valence electrons. The van der Waals surface area contributed by atoms with Crippen LogP contribution >= 0.6 is 0 Å². The first-order valence-corrected chi connectivity index (χ1v) is 2.88. The Morgan fingerprint density at radius 3 is 2.57 bits per heavy atom. The summed E-state index contributed by atoms with van der Waals surface area (Å²) in [5.74, 6) is 0.819. The van der Waals surface area contributed by atoms with Crippen molar-refractivity contribution in [3.8, 4) is 0 Å². The normalized spacial score (nSPS) is 30.6. The zero-order valence-corrected chi connectivity index (χ0v) is 4.99. The van der Waals surface area contributed by atoms with Crippen LogP contribution in [0.2, 0.25) is 0 Å². The van der Waals surface area contributed by atoms with Crippen molar-refractivity contribution in [2.24, 2.45) is 5.92 Å². The van der Waals surface area contributed by atoms with Gasteiger partial charge in [0.15, 0.2) is 0 Å². The van der Waals surface area contributed by atoms with Gasteiger partial charge in [0.2, 0.25) is 0 Å². The molecule has 1 rings (SSSR count). The Morgan fingerprint density at radius 1 is 1.71 bits per heavy atom. The molecule has 0 aromatic heterocycles. The predicted octanol–water partition coefficient (Wildman–Crippen LogP) is 2.17. The Labute approximate surface area is 45.2 Å². The van der Waals surface area contributed by atoms with Gasteiger partial charge in [0.25, 0.3) is 0 Å². The van der Waals surface area contributed by atoms with Crippen LogP contribution in [0.3, 0.4) is 0 Å². The molecule has 0 aromatic rings. The van der Waals surface area contributed by atoms with E-state index in [0.29, 0.717) is 0 Å². The van der Waals surface area contributed by atoms with E-state index in [1.807, 2.05) is 0 Å². The highest BCUT2D eigenvalue weighted by atomic mass is 14.1. The number of allylic oxidation sites excluding steroid dienone is 2. The second kappa shape index (κ2) is 1.69. The first-order chi connectivity index (χ1) is 3.30. The highest BCUT2D eigenvalue weighted by Crippen LogP contribution is 2.22. The summed E-state index contributed by atoms with van der Waals surface area (Å²) in [5, 5.41) is 0. The van der Waals surface area contributed by atoms with Crippen molar-refractivity contribution in [1.29, 1.82) is 0 Å². The van der Waals surface area contributed by atoms with Crippen molar-refractivity contribution in [3.63, 3.8) is 0 Å². The van der Waals surface area contributed by atoms with Gasteiger partial charge in [-0.1, -0.05) is 12.5 Å². The fraction of sp³-hybridized carbons (Fsp3) is 0.714. The molecule has 0 aromatic carbocycles. The van der Waals surface area contributed by atoms with Gasteiger partial charge in [-0.25, -0.2) is 0 Å². The van der Waals surface area contributed by atoms with Crippen molar-refractivity contribution in [2.75, 3.05) is 0 Å². The lowest BCUT2D eigenvalue weighted by molar-refractivity contribution is 0.670. The summed E-state index contributed by atoms with van der Waals surface area (Å²) in [6, 6.07) is 0. The van der Waals surface area contributed by atoms with Crippen molar-refractivity contribution in [2.45, 2.75) is 26.7 Å². The summed E-state index contributed by atoms with van der Waals surface area (Å²) in [6.07, 6.45) is 5.80. The molecule has 0 amide bonds. The molecule has 0 fully saturated rings. The smallest absolute Gasteiger partial charge is 0.0225 e. The molecular weight excluding hydrogens is 84.1 g/mol. The maximum absolute atomic E-state index is 3.29. The minimum Gasteiger partial charge on any atom is -0.0670 e. The Balaban J connectivity index is 2.54. The molecule has 1 aliphatic carbocycles. The second-order valence-electron chi connectivity index (χ2n) is 2.30. The van der Waals surface area contributed by atoms with Crippen LogP contribution in [0.15, 0.2) is 5.57 Å². The van der Waals surface area contributed by atoms with Crippen LogP contribution < -0.4 is 0 Å². The Bertz CT molecular complexity index is 90.2. The molecular formula is C7H11. The minimum atomic E-state index is 0.819. The monoisotopic (exact) mass is 95.1 g/mol. The van der Waals surface area contributed by atoms with Gasteiger partial charge in [0.05, 0.1) is 0 Å². The Hall–Kier alpha value is -0.260. The van der Waals surface area contributed by atoms with Crippen LogP contribution in [0.1, 0.15) is 26.7 Å². The van der Waals surface area contributed by atoms with Crippen LogP contribution in [0, 0.1) is 12.0 Å². The first kappa shape index (κ1) is 4.89. The van der Waals surface area contributed by atoms with E-state index in [9.17, 15) is 0 Å². The summed E-state index contributed by atoms with van der Waals surface area (Å²) in [6.45, 7) is 4.42. The lowest BCUT2D eigenvalue weighted by Crippen LogP contribution is -1.85. The van der Waals surface area contributed by atoms with E-state index >= 15 is 0 Å². The van der Waals surface area contributed by atoms with Crippen LogP contribution in [0.4, 0.5) is 0 Å². The van der Waals surface area contributed by atoms with Crippen LogP contribution in [0.5, 0.6) is 0 Å². The summed E-state index contributed by atoms with van der Waals surface area (Å²) in [4.78, 5) is 0. The third-order valence-corrected chi connectivity index (χ3v) is 1.72. The maximum Gasteiger partial charge on any atom is -0.0225 e. The molecule has 0 saturated carbocycles. The number of rotatable bonds is 0. The average molecular weight is 95.2 g/mol. The molecule has 0 N–H and O–H groups in total. The van der Waals surface area contributed by atoms with Crippen LogP contribution in [-0.4, -0.2) is 0 Å². The quantitative estimate of drug-likeness (QED) is 0.432. The van der Waals surface area contributed by atoms with Gasteiger partial charge in [-0.3, -0.25) is 0 Å². The van der Waals surface area contributed by atoms with Crippen LogP contribution in [-0.2, 0) is 0 Å². The Morgan fingerprint density at radius 2 is 2.43 bits per heavy atom. The summed E-state index contributed by atoms with van der Waals surface area (Å²) < 4.78 is 0. The Kier molecular flexibility index (Phi) is 1.18. The molecule has 7 heavy (non-hydrogen) atoms. The molecule has 1 atom stereocenters. The molecule has 0 aliphatic heterocycles. The maximum atomic E-state index is 3.29. The second-order valence-corrected chi connectivity index (χ2v) is 2.30. The molecule has 0 heterocycles. The molecule has 0 saturated heterocycles. The molecule has 0 heteroatoms. The van der Waals surface area contributed by atoms with E-state index in [0.717, 1.165) is 5.92 Å². The average Bonchev–Trinajstić information content (AvgIpc) is 1.91. The highest BCUT2D eigenvalue weighted by Gasteiger charge is 2.08. The van der Waals surface area contributed by atoms with Gasteiger partial charge >= 0.3 is 0 Å². The first-order valence-electron chi connectivity index (χ1n) is 2.88. The topological polar surface area (TPSA) is 0 Å². The SMILES string of the molecule is CC1=[C]CCC1C. The van der Waals surface area contributed by atoms with Gasteiger partial charge in [-0.15, -0.1) is 0 Å². The zero-order valence-electron chi connectivity index (χ0n) is 4.99. The lowest BCUT2D eigenvalue weighted by Gasteiger charge is -1.98. The zero-order chi connectivity index (χ0) is 5.28. The van der Waals surface area contributed by atoms with E-state index in [1.54, 1.807) is 0 Å². The minimum absolute atomic E-state index is 0.819. The van der Waals surface area contributed by atoms with Crippen molar-refractivity contribution < 1.29 is 0 Å². The lowest BCUT2D eigenvalue weighted by atomic mass is 10.1. The van der Waals surface area contributed by atoms with Crippen molar-refractivity contribution in [1.82, 2.24) is 0 Å². The fourth-order valence-electron chi connectivity index (χ4n) is 0.877. The van der Waals surface area contributed by atoms with E-state index in [-0.39, 0.29) is 0 Å². The molecule has 0 spiro atoms. The van der Waals surface area contributed by atoms with Crippen LogP contribution in [0.25, 0.3) is 0 Å². The number of hydrogen-bond donors (Lipinski definition) is 0. The third-order valence-electron chi connectivity index (χ3n) is 1.72. The van der Waals surface area contributed by atoms with Crippen molar-refractivity contribution >= 4 is 0 Å². The van der Waals surface area contributed by atoms with Gasteiger partial charge < -0.3 is 0 Å². The van der Waals surface area contributed by atoms with E-state index in [1.165, 1.54) is 18.4 Å². The van der Waals surface area contributed by atoms with E-state index in [2.05, 4.69) is 19.9 Å². The number of hydrogen-bond acceptors (Lipinski definition) is 0. The van der Waals surface area contributed by atoms with E-state index < -0.39 is 0 Å². The van der Waals surface area contributed by atoms with Gasteiger partial charge in [-0.05, 0) is 31.8 Å².